The number of anilines is 1. The van der Waals surface area contributed by atoms with Gasteiger partial charge in [-0.2, -0.15) is 5.10 Å². The molecule has 0 spiro atoms. The third-order valence-electron chi connectivity index (χ3n) is 6.89. The van der Waals surface area contributed by atoms with E-state index < -0.39 is 0 Å². The summed E-state index contributed by atoms with van der Waals surface area (Å²) in [4.78, 5) is 19.9. The minimum atomic E-state index is -0.235. The van der Waals surface area contributed by atoms with Crippen LogP contribution in [0.5, 0.6) is 0 Å². The number of nitrogens with zero attached hydrogens (tertiary/aromatic N) is 7. The molecule has 1 saturated carbocycles. The van der Waals surface area contributed by atoms with Gasteiger partial charge in [0.15, 0.2) is 5.82 Å². The highest BCUT2D eigenvalue weighted by Gasteiger charge is 2.61. The summed E-state index contributed by atoms with van der Waals surface area (Å²) in [5.41, 5.74) is 1.13. The Balaban J connectivity index is 1.43. The summed E-state index contributed by atoms with van der Waals surface area (Å²) in [5.74, 6) is 1.10. The number of hydrogen-bond acceptors (Lipinski definition) is 5. The average Bonchev–Trinajstić information content (AvgIpc) is 3.41. The van der Waals surface area contributed by atoms with Gasteiger partial charge in [-0.3, -0.25) is 4.68 Å². The number of amides is 2. The number of rotatable bonds is 5. The topological polar surface area (TPSA) is 93.8 Å². The Labute approximate surface area is 191 Å². The zero-order valence-electron chi connectivity index (χ0n) is 18.4. The van der Waals surface area contributed by atoms with Gasteiger partial charge < -0.3 is 14.8 Å². The second-order valence-corrected chi connectivity index (χ2v) is 9.48. The molecular weight excluding hydrogens is 428 g/mol. The molecule has 5 rings (SSSR count). The summed E-state index contributed by atoms with van der Waals surface area (Å²) in [6, 6.07) is 5.71. The van der Waals surface area contributed by atoms with Crippen molar-refractivity contribution in [3.63, 3.8) is 0 Å². The number of urea groups is 1. The molecule has 2 amide bonds. The summed E-state index contributed by atoms with van der Waals surface area (Å²) in [5, 5.41) is 16.0. The minimum Gasteiger partial charge on any atom is -0.315 e. The molecule has 2 aromatic heterocycles. The molecule has 1 aliphatic carbocycles. The summed E-state index contributed by atoms with van der Waals surface area (Å²) in [6.07, 6.45) is 9.05. The van der Waals surface area contributed by atoms with Crippen LogP contribution in [0, 0.1) is 5.92 Å². The Morgan fingerprint density at radius 2 is 2.06 bits per heavy atom. The van der Waals surface area contributed by atoms with E-state index in [0.717, 1.165) is 25.7 Å². The first kappa shape index (κ1) is 20.9. The summed E-state index contributed by atoms with van der Waals surface area (Å²) in [7, 11) is 1.80. The number of carbonyl (C=O) groups is 1. The minimum absolute atomic E-state index is 0.0815. The van der Waals surface area contributed by atoms with Gasteiger partial charge in [-0.15, -0.1) is 10.2 Å². The Hall–Kier alpha value is -2.94. The van der Waals surface area contributed by atoms with E-state index in [0.29, 0.717) is 28.0 Å². The van der Waals surface area contributed by atoms with Crippen molar-refractivity contribution in [3.8, 4) is 11.4 Å². The second kappa shape index (κ2) is 7.88. The maximum atomic E-state index is 13.6. The van der Waals surface area contributed by atoms with Crippen molar-refractivity contribution in [2.24, 2.45) is 13.0 Å². The van der Waals surface area contributed by atoms with E-state index in [-0.39, 0.29) is 23.7 Å². The highest BCUT2D eigenvalue weighted by molar-refractivity contribution is 6.33. The number of halogens is 1. The van der Waals surface area contributed by atoms with E-state index in [1.807, 2.05) is 12.1 Å². The smallest absolute Gasteiger partial charge is 0.315 e. The zero-order valence-corrected chi connectivity index (χ0v) is 19.2. The number of carbonyl (C=O) groups excluding carboxylic acids is 1. The largest absolute Gasteiger partial charge is 0.322 e. The van der Waals surface area contributed by atoms with Gasteiger partial charge in [-0.25, -0.2) is 9.78 Å². The van der Waals surface area contributed by atoms with Crippen LogP contribution in [0.3, 0.4) is 0 Å². The van der Waals surface area contributed by atoms with Gasteiger partial charge in [-0.1, -0.05) is 25.4 Å². The third-order valence-corrected chi connectivity index (χ3v) is 7.22. The van der Waals surface area contributed by atoms with Crippen molar-refractivity contribution in [2.45, 2.75) is 57.2 Å². The van der Waals surface area contributed by atoms with Crippen molar-refractivity contribution < 1.29 is 4.79 Å². The highest BCUT2D eigenvalue weighted by atomic mass is 35.5. The van der Waals surface area contributed by atoms with Crippen LogP contribution in [0.15, 0.2) is 37.2 Å². The molecule has 0 unspecified atom stereocenters. The van der Waals surface area contributed by atoms with Crippen LogP contribution < -0.4 is 5.32 Å². The fourth-order valence-corrected chi connectivity index (χ4v) is 6.03. The molecule has 2 aliphatic rings. The average molecular weight is 455 g/mol. The predicted molar refractivity (Wildman–Crippen MR) is 121 cm³/mol. The molecule has 10 heteroatoms. The van der Waals surface area contributed by atoms with Crippen molar-refractivity contribution in [1.82, 2.24) is 34.4 Å². The third kappa shape index (κ3) is 3.35. The maximum absolute atomic E-state index is 13.6. The first-order valence-corrected chi connectivity index (χ1v) is 11.4. The quantitative estimate of drug-likeness (QED) is 0.624. The molecule has 1 saturated heterocycles. The lowest BCUT2D eigenvalue weighted by molar-refractivity contribution is -0.120. The molecule has 1 aliphatic heterocycles. The molecule has 1 aromatic carbocycles. The number of aromatic nitrogens is 6. The standard InChI is InChI=1S/C22H27ClN8O/c1-4-19(30-12-25-26-13-30)22-9-14(2)7-16(10-22)31(22)21(32)27-15-5-6-18(23)17(8-15)20-24-11-29(3)28-20/h5-6,8,11-14,16,19H,4,7,9-10H2,1-3H3,(H,27,32)/t14-,16+,19+,22-/m1/s1. The molecule has 32 heavy (non-hydrogen) atoms. The summed E-state index contributed by atoms with van der Waals surface area (Å²) in [6.45, 7) is 4.44. The number of piperidine rings is 1. The van der Waals surface area contributed by atoms with Crippen LogP contribution >= 0.6 is 11.6 Å². The second-order valence-electron chi connectivity index (χ2n) is 9.08. The number of benzene rings is 1. The van der Waals surface area contributed by atoms with Gasteiger partial charge in [0.1, 0.15) is 19.0 Å². The Kier molecular flexibility index (Phi) is 5.16. The summed E-state index contributed by atoms with van der Waals surface area (Å²) >= 11 is 6.38. The van der Waals surface area contributed by atoms with Gasteiger partial charge in [-0.05, 0) is 49.8 Å². The monoisotopic (exact) mass is 454 g/mol. The summed E-state index contributed by atoms with van der Waals surface area (Å²) < 4.78 is 3.68. The molecular formula is C22H27ClN8O. The van der Waals surface area contributed by atoms with Gasteiger partial charge in [0.25, 0.3) is 0 Å². The lowest BCUT2D eigenvalue weighted by atomic mass is 9.60. The van der Waals surface area contributed by atoms with Crippen molar-refractivity contribution >= 4 is 23.3 Å². The molecule has 3 heterocycles. The van der Waals surface area contributed by atoms with E-state index in [1.165, 1.54) is 0 Å². The van der Waals surface area contributed by atoms with Gasteiger partial charge >= 0.3 is 6.03 Å². The molecule has 2 bridgehead atoms. The molecule has 2 fully saturated rings. The molecule has 3 aromatic rings. The first-order valence-electron chi connectivity index (χ1n) is 11.0. The van der Waals surface area contributed by atoms with Crippen LogP contribution in [0.25, 0.3) is 11.4 Å². The Morgan fingerprint density at radius 3 is 2.75 bits per heavy atom. The van der Waals surface area contributed by atoms with Crippen molar-refractivity contribution in [1.29, 1.82) is 0 Å². The Bertz CT molecular complexity index is 1130. The van der Waals surface area contributed by atoms with Crippen molar-refractivity contribution in [2.75, 3.05) is 5.32 Å². The fraction of sp³-hybridized carbons (Fsp3) is 0.500. The lowest BCUT2D eigenvalue weighted by Gasteiger charge is -2.66. The van der Waals surface area contributed by atoms with Crippen LogP contribution in [-0.4, -0.2) is 52.0 Å². The van der Waals surface area contributed by atoms with Crippen LogP contribution in [0.4, 0.5) is 10.5 Å². The van der Waals surface area contributed by atoms with E-state index in [1.54, 1.807) is 36.8 Å². The fourth-order valence-electron chi connectivity index (χ4n) is 5.83. The van der Waals surface area contributed by atoms with Crippen LogP contribution in [0.2, 0.25) is 5.02 Å². The predicted octanol–water partition coefficient (Wildman–Crippen LogP) is 4.15. The van der Waals surface area contributed by atoms with E-state index >= 15 is 0 Å². The number of nitrogens with one attached hydrogen (secondary N) is 1. The number of likely N-dealkylation sites (tertiary alicyclic amines) is 1. The lowest BCUT2D eigenvalue weighted by Crippen LogP contribution is -2.74. The normalized spacial score (nSPS) is 25.3. The van der Waals surface area contributed by atoms with Crippen LogP contribution in [-0.2, 0) is 7.05 Å². The van der Waals surface area contributed by atoms with Gasteiger partial charge in [0.2, 0.25) is 0 Å². The van der Waals surface area contributed by atoms with E-state index in [4.69, 9.17) is 11.6 Å². The molecule has 9 nitrogen and oxygen atoms in total. The molecule has 1 N–H and O–H groups in total. The van der Waals surface area contributed by atoms with Crippen molar-refractivity contribution in [3.05, 3.63) is 42.2 Å². The van der Waals surface area contributed by atoms with Gasteiger partial charge in [0, 0.05) is 24.3 Å². The van der Waals surface area contributed by atoms with E-state index in [9.17, 15) is 4.79 Å². The maximum Gasteiger partial charge on any atom is 0.322 e. The molecule has 4 atom stereocenters. The Morgan fingerprint density at radius 1 is 1.28 bits per heavy atom. The van der Waals surface area contributed by atoms with Crippen LogP contribution in [0.1, 0.15) is 45.6 Å². The number of hydrogen-bond donors (Lipinski definition) is 1. The highest BCUT2D eigenvalue weighted by Crippen LogP contribution is 2.56. The zero-order chi connectivity index (χ0) is 22.5. The van der Waals surface area contributed by atoms with E-state index in [2.05, 4.69) is 48.9 Å². The number of aryl methyl sites for hydroxylation is 1. The van der Waals surface area contributed by atoms with Gasteiger partial charge in [0.05, 0.1) is 16.6 Å². The SMILES string of the molecule is CC[C@H](n1cnnc1)[C@@]12C[C@H](C)C[C@@H](C1)N2C(=O)Nc1ccc(Cl)c(-c2ncn(C)n2)c1. The number of fused-ring (bicyclic) bond motifs is 2. The molecule has 0 radical (unpaired) electrons. The first-order chi connectivity index (χ1) is 15.4. The molecule has 168 valence electrons.